The smallest absolute Gasteiger partial charge is 0.135 e. The van der Waals surface area contributed by atoms with Crippen LogP contribution >= 0.6 is 0 Å². The molecule has 71 heavy (non-hydrogen) atoms. The minimum absolute atomic E-state index is 0. The van der Waals surface area contributed by atoms with Gasteiger partial charge in [-0.3, -0.25) is 0 Å². The SMILES string of the molecule is CC(C)(C)c1ccnc(-n2c3[c-]c(Oc4[c-]c(N5[CH-]N(c6ccccc6-c6ccc(F)cc6)c6ccccc65)cc(-c5c(C6CCCCC6)cccc5C5CCCCC5)c4)ccc3c3ccccc32)c1.[Pt]. The largest absolute Gasteiger partial charge is 0.509 e. The van der Waals surface area contributed by atoms with Gasteiger partial charge >= 0.3 is 0 Å². The number of halogens is 1. The Morgan fingerprint density at radius 3 is 1.94 bits per heavy atom. The fourth-order valence-electron chi connectivity index (χ4n) is 11.6. The van der Waals surface area contributed by atoms with Gasteiger partial charge in [-0.25, -0.2) is 9.37 Å². The zero-order valence-electron chi connectivity index (χ0n) is 40.7. The molecule has 0 spiro atoms. The van der Waals surface area contributed by atoms with E-state index in [0.717, 1.165) is 67.1 Å². The molecule has 2 aromatic heterocycles. The van der Waals surface area contributed by atoms with Crippen LogP contribution in [0.15, 0.2) is 158 Å². The van der Waals surface area contributed by atoms with E-state index in [2.05, 4.69) is 169 Å². The zero-order valence-corrected chi connectivity index (χ0v) is 43.0. The van der Waals surface area contributed by atoms with Crippen LogP contribution in [0.4, 0.5) is 27.1 Å². The first-order chi connectivity index (χ1) is 34.2. The van der Waals surface area contributed by atoms with Crippen LogP contribution in [0.25, 0.3) is 49.9 Å². The van der Waals surface area contributed by atoms with Gasteiger partial charge in [-0.05, 0) is 125 Å². The van der Waals surface area contributed by atoms with Crippen molar-refractivity contribution in [1.82, 2.24) is 9.55 Å². The number of pyridine rings is 1. The van der Waals surface area contributed by atoms with Crippen LogP contribution < -0.4 is 14.5 Å². The normalized spacial score (nSPS) is 15.5. The number of rotatable bonds is 9. The number of ether oxygens (including phenoxy) is 1. The third-order valence-corrected chi connectivity index (χ3v) is 15.2. The first-order valence-corrected chi connectivity index (χ1v) is 25.4. The van der Waals surface area contributed by atoms with Gasteiger partial charge in [0.25, 0.3) is 0 Å². The van der Waals surface area contributed by atoms with Crippen molar-refractivity contribution in [2.24, 2.45) is 0 Å². The molecule has 1 aliphatic heterocycles. The molecule has 0 saturated heterocycles. The molecule has 2 saturated carbocycles. The number of nitrogens with zero attached hydrogens (tertiary/aromatic N) is 4. The number of benzene rings is 7. The zero-order chi connectivity index (χ0) is 47.3. The molecule has 0 radical (unpaired) electrons. The molecule has 3 aliphatic rings. The van der Waals surface area contributed by atoms with E-state index in [4.69, 9.17) is 9.72 Å². The van der Waals surface area contributed by atoms with E-state index in [0.29, 0.717) is 23.3 Å². The molecule has 7 heteroatoms. The van der Waals surface area contributed by atoms with E-state index in [1.807, 2.05) is 30.5 Å². The molecule has 0 amide bonds. The van der Waals surface area contributed by atoms with Crippen molar-refractivity contribution >= 4 is 44.6 Å². The quantitative estimate of drug-likeness (QED) is 0.135. The molecule has 360 valence electrons. The number of fused-ring (bicyclic) bond motifs is 4. The third-order valence-electron chi connectivity index (χ3n) is 15.2. The van der Waals surface area contributed by atoms with E-state index in [1.54, 1.807) is 0 Å². The molecular weight excluding hydrogens is 1050 g/mol. The summed E-state index contributed by atoms with van der Waals surface area (Å²) in [5.41, 5.74) is 14.5. The first-order valence-electron chi connectivity index (χ1n) is 25.4. The average Bonchev–Trinajstić information content (AvgIpc) is 3.95. The van der Waals surface area contributed by atoms with Gasteiger partial charge in [0, 0.05) is 66.9 Å². The van der Waals surface area contributed by atoms with Crippen LogP contribution in [0.5, 0.6) is 11.5 Å². The Bertz CT molecular complexity index is 3340. The Morgan fingerprint density at radius 2 is 1.24 bits per heavy atom. The summed E-state index contributed by atoms with van der Waals surface area (Å²) < 4.78 is 23.6. The van der Waals surface area contributed by atoms with Crippen molar-refractivity contribution in [2.45, 2.75) is 102 Å². The van der Waals surface area contributed by atoms with Crippen LogP contribution in [0.2, 0.25) is 0 Å². The number of para-hydroxylation sites is 4. The molecule has 7 aromatic carbocycles. The van der Waals surface area contributed by atoms with Crippen molar-refractivity contribution in [1.29, 1.82) is 0 Å². The van der Waals surface area contributed by atoms with E-state index in [9.17, 15) is 4.39 Å². The van der Waals surface area contributed by atoms with Gasteiger partial charge in [0.15, 0.2) is 0 Å². The molecule has 0 bridgehead atoms. The Balaban J connectivity index is 0.00000547. The molecule has 2 aliphatic carbocycles. The molecule has 0 atom stereocenters. The summed E-state index contributed by atoms with van der Waals surface area (Å²) in [4.78, 5) is 9.45. The van der Waals surface area contributed by atoms with E-state index >= 15 is 0 Å². The second kappa shape index (κ2) is 19.6. The van der Waals surface area contributed by atoms with Crippen molar-refractivity contribution in [3.05, 3.63) is 199 Å². The summed E-state index contributed by atoms with van der Waals surface area (Å²) in [6.07, 6.45) is 14.4. The maximum absolute atomic E-state index is 14.2. The average molecular weight is 1110 g/mol. The molecule has 0 N–H and O–H groups in total. The van der Waals surface area contributed by atoms with Crippen molar-refractivity contribution in [3.63, 3.8) is 0 Å². The van der Waals surface area contributed by atoms with Gasteiger partial charge in [-0.2, -0.15) is 6.07 Å². The minimum Gasteiger partial charge on any atom is -0.509 e. The van der Waals surface area contributed by atoms with Gasteiger partial charge in [0.1, 0.15) is 11.6 Å². The van der Waals surface area contributed by atoms with Crippen LogP contribution in [0.1, 0.15) is 114 Å². The fraction of sp³-hybridized carbons (Fsp3) is 0.250. The predicted octanol–water partition coefficient (Wildman–Crippen LogP) is 17.8. The summed E-state index contributed by atoms with van der Waals surface area (Å²) in [5, 5.41) is 2.23. The molecular formula is C64H58FN4OPt-3. The first kappa shape index (κ1) is 46.9. The molecule has 9 aromatic rings. The molecule has 2 fully saturated rings. The summed E-state index contributed by atoms with van der Waals surface area (Å²) in [7, 11) is 0. The molecule has 12 rings (SSSR count). The second-order valence-corrected chi connectivity index (χ2v) is 20.7. The van der Waals surface area contributed by atoms with Gasteiger partial charge in [0.05, 0.1) is 0 Å². The fourth-order valence-corrected chi connectivity index (χ4v) is 11.6. The monoisotopic (exact) mass is 1110 g/mol. The van der Waals surface area contributed by atoms with Crippen molar-refractivity contribution in [3.8, 4) is 39.6 Å². The van der Waals surface area contributed by atoms with E-state index in [-0.39, 0.29) is 32.3 Å². The van der Waals surface area contributed by atoms with Gasteiger partial charge in [0.2, 0.25) is 0 Å². The second-order valence-electron chi connectivity index (χ2n) is 20.7. The number of anilines is 4. The van der Waals surface area contributed by atoms with Crippen LogP contribution in [-0.2, 0) is 26.5 Å². The third kappa shape index (κ3) is 8.99. The molecule has 3 heterocycles. The summed E-state index contributed by atoms with van der Waals surface area (Å²) in [6.45, 7) is 8.90. The number of hydrogen-bond donors (Lipinski definition) is 0. The number of aromatic nitrogens is 2. The maximum Gasteiger partial charge on any atom is 0.135 e. The topological polar surface area (TPSA) is 33.5 Å². The molecule has 0 unspecified atom stereocenters. The Morgan fingerprint density at radius 1 is 0.592 bits per heavy atom. The van der Waals surface area contributed by atoms with E-state index in [1.165, 1.54) is 98.6 Å². The Hall–Kier alpha value is -6.49. The van der Waals surface area contributed by atoms with Crippen LogP contribution in [0.3, 0.4) is 0 Å². The van der Waals surface area contributed by atoms with Crippen molar-refractivity contribution < 1.29 is 30.2 Å². The Kier molecular flexibility index (Phi) is 12.9. The van der Waals surface area contributed by atoms with E-state index < -0.39 is 0 Å². The van der Waals surface area contributed by atoms with Crippen LogP contribution in [-0.4, -0.2) is 9.55 Å². The van der Waals surface area contributed by atoms with Gasteiger partial charge in [-0.1, -0.05) is 144 Å². The maximum atomic E-state index is 14.2. The molecule has 5 nitrogen and oxygen atoms in total. The Labute approximate surface area is 432 Å². The summed E-state index contributed by atoms with van der Waals surface area (Å²) in [6, 6.07) is 60.1. The summed E-state index contributed by atoms with van der Waals surface area (Å²) >= 11 is 0. The van der Waals surface area contributed by atoms with Gasteiger partial charge < -0.3 is 19.1 Å². The minimum atomic E-state index is -0.251. The number of hydrogen-bond acceptors (Lipinski definition) is 4. The predicted molar refractivity (Wildman–Crippen MR) is 285 cm³/mol. The standard InChI is InChI=1S/C64H58FN4O.Pt/c1-64(2,3)47-35-36-66-62(39-47)69-58-26-13-11-22-55(58)56-34-33-50(41-61(56)69)70-51-38-46(63-53(43-17-6-4-7-18-43)23-16-24-54(63)44-19-8-5-9-20-44)37-49(40-51)67-42-68(60-28-15-14-27-59(60)67)57-25-12-10-21-52(57)45-29-31-48(65)32-30-45;/h10-16,21-39,42-44H,4-9,17-20H2,1-3H3;/q-3;. The summed E-state index contributed by atoms with van der Waals surface area (Å²) in [5.74, 6) is 2.85. The van der Waals surface area contributed by atoms with Gasteiger partial charge in [-0.15, -0.1) is 53.6 Å². The van der Waals surface area contributed by atoms with Crippen molar-refractivity contribution in [2.75, 3.05) is 9.80 Å². The van der Waals surface area contributed by atoms with Crippen LogP contribution in [0, 0.1) is 24.6 Å².